The molecule has 0 aromatic heterocycles. The summed E-state index contributed by atoms with van der Waals surface area (Å²) in [6, 6.07) is 8.53. The smallest absolute Gasteiger partial charge is 0.0162 e. The lowest BCUT2D eigenvalue weighted by Gasteiger charge is -2.07. The van der Waals surface area contributed by atoms with Crippen LogP contribution in [0, 0.1) is 6.92 Å². The molecular weight excluding hydrogens is 163 g/mol. The average molecular weight is 176 g/mol. The van der Waals surface area contributed by atoms with E-state index in [4.69, 9.17) is 0 Å². The van der Waals surface area contributed by atoms with Gasteiger partial charge < -0.3 is 0 Å². The Morgan fingerprint density at radius 1 is 1.08 bits per heavy atom. The van der Waals surface area contributed by atoms with Gasteiger partial charge in [-0.25, -0.2) is 0 Å². The highest BCUT2D eigenvalue weighted by Crippen LogP contribution is 2.35. The van der Waals surface area contributed by atoms with E-state index >= 15 is 0 Å². The van der Waals surface area contributed by atoms with Crippen molar-refractivity contribution in [2.75, 3.05) is 0 Å². The highest BCUT2D eigenvalue weighted by molar-refractivity contribution is 7.71. The van der Waals surface area contributed by atoms with Crippen LogP contribution in [-0.4, -0.2) is 0 Å². The van der Waals surface area contributed by atoms with Crippen molar-refractivity contribution in [3.63, 3.8) is 0 Å². The van der Waals surface area contributed by atoms with Crippen LogP contribution >= 0.6 is 7.92 Å². The maximum Gasteiger partial charge on any atom is -0.0162 e. The molecule has 1 aromatic rings. The molecule has 0 aliphatic carbocycles. The predicted molar refractivity (Wildman–Crippen MR) is 58.1 cm³/mol. The Morgan fingerprint density at radius 2 is 1.58 bits per heavy atom. The third kappa shape index (κ3) is 2.06. The normalized spacial score (nSPS) is 9.83. The zero-order valence-corrected chi connectivity index (χ0v) is 8.22. The summed E-state index contributed by atoms with van der Waals surface area (Å²) in [5.41, 5.74) is 1.29. The quantitative estimate of drug-likeness (QED) is 0.619. The molecule has 0 unspecified atom stereocenters. The van der Waals surface area contributed by atoms with Gasteiger partial charge in [0.15, 0.2) is 0 Å². The molecule has 0 N–H and O–H groups in total. The first-order valence-corrected chi connectivity index (χ1v) is 5.36. The number of benzene rings is 1. The fourth-order valence-corrected chi connectivity index (χ4v) is 2.07. The molecule has 0 heterocycles. The van der Waals surface area contributed by atoms with E-state index in [0.717, 1.165) is 0 Å². The van der Waals surface area contributed by atoms with Crippen molar-refractivity contribution in [3.8, 4) is 0 Å². The van der Waals surface area contributed by atoms with Crippen molar-refractivity contribution >= 4 is 13.2 Å². The second-order valence-electron chi connectivity index (χ2n) is 2.61. The van der Waals surface area contributed by atoms with E-state index in [1.165, 1.54) is 10.9 Å². The molecule has 0 spiro atoms. The molecule has 0 saturated heterocycles. The molecule has 12 heavy (non-hydrogen) atoms. The van der Waals surface area contributed by atoms with Crippen LogP contribution < -0.4 is 5.30 Å². The molecule has 0 radical (unpaired) electrons. The second kappa shape index (κ2) is 4.23. The number of aryl methyl sites for hydroxylation is 1. The van der Waals surface area contributed by atoms with Crippen LogP contribution in [0.3, 0.4) is 0 Å². The molecule has 62 valence electrons. The van der Waals surface area contributed by atoms with Gasteiger partial charge in [-0.15, -0.1) is 0 Å². The lowest BCUT2D eigenvalue weighted by atomic mass is 10.2. The van der Waals surface area contributed by atoms with E-state index < -0.39 is 0 Å². The van der Waals surface area contributed by atoms with Gasteiger partial charge in [0.2, 0.25) is 0 Å². The van der Waals surface area contributed by atoms with E-state index in [1.54, 1.807) is 0 Å². The van der Waals surface area contributed by atoms with Gasteiger partial charge in [0.1, 0.15) is 0 Å². The Morgan fingerprint density at radius 3 is 2.00 bits per heavy atom. The summed E-state index contributed by atoms with van der Waals surface area (Å²) in [4.78, 5) is 0. The Kier molecular flexibility index (Phi) is 3.25. The monoisotopic (exact) mass is 176 g/mol. The van der Waals surface area contributed by atoms with Crippen molar-refractivity contribution in [1.82, 2.24) is 0 Å². The maximum absolute atomic E-state index is 3.79. The van der Waals surface area contributed by atoms with E-state index in [0.29, 0.717) is 0 Å². The summed E-state index contributed by atoms with van der Waals surface area (Å²) < 4.78 is 0. The van der Waals surface area contributed by atoms with Crippen LogP contribution in [0.1, 0.15) is 5.56 Å². The first kappa shape index (κ1) is 9.22. The van der Waals surface area contributed by atoms with E-state index in [1.807, 2.05) is 11.6 Å². The van der Waals surface area contributed by atoms with Crippen LogP contribution in [-0.2, 0) is 0 Å². The van der Waals surface area contributed by atoms with Crippen molar-refractivity contribution in [3.05, 3.63) is 54.6 Å². The molecule has 0 bridgehead atoms. The van der Waals surface area contributed by atoms with Crippen LogP contribution in [0.25, 0.3) is 0 Å². The van der Waals surface area contributed by atoms with Crippen molar-refractivity contribution in [1.29, 1.82) is 0 Å². The first-order chi connectivity index (χ1) is 5.77. The molecule has 0 amide bonds. The van der Waals surface area contributed by atoms with E-state index in [-0.39, 0.29) is 7.92 Å². The fourth-order valence-electron chi connectivity index (χ4n) is 1.00. The Labute approximate surface area is 75.4 Å². The average Bonchev–Trinajstić information content (AvgIpc) is 2.10. The fraction of sp³-hybridized carbons (Fsp3) is 0.0909. The Hall–Kier alpha value is -0.870. The SMILES string of the molecule is C=CP(C=C)c1ccc(C)cc1. The van der Waals surface area contributed by atoms with Crippen molar-refractivity contribution in [2.45, 2.75) is 6.92 Å². The highest BCUT2D eigenvalue weighted by Gasteiger charge is 1.99. The van der Waals surface area contributed by atoms with Gasteiger partial charge in [0.25, 0.3) is 0 Å². The molecular formula is C11H13P. The van der Waals surface area contributed by atoms with Gasteiger partial charge in [-0.3, -0.25) is 0 Å². The lowest BCUT2D eigenvalue weighted by molar-refractivity contribution is 1.49. The molecule has 0 fully saturated rings. The van der Waals surface area contributed by atoms with E-state index in [9.17, 15) is 0 Å². The maximum atomic E-state index is 3.79. The minimum atomic E-state index is -0.336. The predicted octanol–water partition coefficient (Wildman–Crippen LogP) is 3.39. The molecule has 0 aliphatic heterocycles. The summed E-state index contributed by atoms with van der Waals surface area (Å²) >= 11 is 0. The van der Waals surface area contributed by atoms with Crippen LogP contribution in [0.4, 0.5) is 0 Å². The topological polar surface area (TPSA) is 0 Å². The zero-order chi connectivity index (χ0) is 8.97. The second-order valence-corrected chi connectivity index (χ2v) is 4.67. The molecule has 1 heteroatoms. The van der Waals surface area contributed by atoms with Gasteiger partial charge in [-0.1, -0.05) is 54.6 Å². The highest BCUT2D eigenvalue weighted by atomic mass is 31.1. The van der Waals surface area contributed by atoms with Gasteiger partial charge in [-0.2, -0.15) is 0 Å². The van der Waals surface area contributed by atoms with E-state index in [2.05, 4.69) is 44.3 Å². The van der Waals surface area contributed by atoms with Gasteiger partial charge >= 0.3 is 0 Å². The molecule has 1 rings (SSSR count). The summed E-state index contributed by atoms with van der Waals surface area (Å²) in [6.45, 7) is 9.67. The summed E-state index contributed by atoms with van der Waals surface area (Å²) in [6.07, 6.45) is 0. The van der Waals surface area contributed by atoms with Crippen LogP contribution in [0.2, 0.25) is 0 Å². The molecule has 0 aliphatic rings. The van der Waals surface area contributed by atoms with Gasteiger partial charge in [0, 0.05) is 0 Å². The van der Waals surface area contributed by atoms with Gasteiger partial charge in [-0.05, 0) is 20.1 Å². The molecule has 1 aromatic carbocycles. The third-order valence-electron chi connectivity index (χ3n) is 1.73. The Bertz CT molecular complexity index is 264. The minimum absolute atomic E-state index is 0.336. The summed E-state index contributed by atoms with van der Waals surface area (Å²) in [5, 5.41) is 1.32. The van der Waals surface area contributed by atoms with Gasteiger partial charge in [0.05, 0.1) is 0 Å². The number of rotatable bonds is 3. The lowest BCUT2D eigenvalue weighted by Crippen LogP contribution is -1.95. The summed E-state index contributed by atoms with van der Waals surface area (Å²) in [5.74, 6) is 3.93. The minimum Gasteiger partial charge on any atom is -0.0980 e. The summed E-state index contributed by atoms with van der Waals surface area (Å²) in [7, 11) is -0.336. The van der Waals surface area contributed by atoms with Crippen LogP contribution in [0.5, 0.6) is 0 Å². The molecule has 0 saturated carbocycles. The van der Waals surface area contributed by atoms with Crippen molar-refractivity contribution in [2.24, 2.45) is 0 Å². The third-order valence-corrected chi connectivity index (χ3v) is 3.41. The van der Waals surface area contributed by atoms with Crippen LogP contribution in [0.15, 0.2) is 49.1 Å². The Balaban J connectivity index is 2.94. The largest absolute Gasteiger partial charge is 0.0980 e. The number of hydrogen-bond acceptors (Lipinski definition) is 0. The molecule has 0 nitrogen and oxygen atoms in total. The first-order valence-electron chi connectivity index (χ1n) is 3.88. The molecule has 0 atom stereocenters. The zero-order valence-electron chi connectivity index (χ0n) is 7.33. The van der Waals surface area contributed by atoms with Crippen molar-refractivity contribution < 1.29 is 0 Å². The number of hydrogen-bond donors (Lipinski definition) is 0. The standard InChI is InChI=1S/C11H13P/c1-4-12(5-2)11-8-6-10(3)7-9-11/h4-9H,1-2H2,3H3.